The van der Waals surface area contributed by atoms with Crippen molar-refractivity contribution in [1.82, 2.24) is 16.0 Å². The lowest BCUT2D eigenvalue weighted by atomic mass is 10.00. The van der Waals surface area contributed by atoms with Crippen molar-refractivity contribution in [2.45, 2.75) is 70.1 Å². The van der Waals surface area contributed by atoms with E-state index in [-0.39, 0.29) is 18.6 Å². The van der Waals surface area contributed by atoms with E-state index in [2.05, 4.69) is 16.0 Å². The number of primary amides is 1. The van der Waals surface area contributed by atoms with Crippen LogP contribution in [-0.4, -0.2) is 70.5 Å². The second-order valence-corrected chi connectivity index (χ2v) is 9.12. The average molecular weight is 523 g/mol. The minimum absolute atomic E-state index is 0.00881. The topological polar surface area (TPSA) is 240 Å². The number of carboxylic acids is 1. The molecule has 4 unspecified atom stereocenters. The Morgan fingerprint density at radius 2 is 1.49 bits per heavy atom. The van der Waals surface area contributed by atoms with Crippen LogP contribution in [0.25, 0.3) is 0 Å². The zero-order valence-electron chi connectivity index (χ0n) is 21.1. The molecule has 0 saturated carbocycles. The maximum Gasteiger partial charge on any atom is 0.326 e. The largest absolute Gasteiger partial charge is 0.508 e. The molecule has 0 aliphatic rings. The van der Waals surface area contributed by atoms with Crippen LogP contribution >= 0.6 is 0 Å². The van der Waals surface area contributed by atoms with Gasteiger partial charge >= 0.3 is 5.97 Å². The summed E-state index contributed by atoms with van der Waals surface area (Å²) in [4.78, 5) is 61.4. The van der Waals surface area contributed by atoms with Crippen molar-refractivity contribution < 1.29 is 34.2 Å². The molecule has 1 aromatic rings. The molecule has 0 spiro atoms. The normalized spacial score (nSPS) is 14.2. The summed E-state index contributed by atoms with van der Waals surface area (Å²) < 4.78 is 0. The van der Waals surface area contributed by atoms with E-state index in [0.717, 1.165) is 0 Å². The molecule has 11 N–H and O–H groups in total. The fraction of sp³-hybridized carbons (Fsp3) is 0.542. The highest BCUT2D eigenvalue weighted by molar-refractivity contribution is 5.95. The second-order valence-electron chi connectivity index (χ2n) is 9.12. The molecule has 0 heterocycles. The summed E-state index contributed by atoms with van der Waals surface area (Å²) in [5.74, 6) is -4.63. The van der Waals surface area contributed by atoms with Gasteiger partial charge in [0.15, 0.2) is 0 Å². The standard InChI is InChI=1S/C24H38N6O7/c1-13(2)20(30-21(33)16(26)12-19(27)32)23(35)29-18(11-14-6-8-15(31)9-7-14)22(34)28-17(24(36)37)5-3-4-10-25/h6-9,13,16-18,20,31H,3-5,10-12,25-26H2,1-2H3,(H2,27,32)(H,28,34)(H,29,35)(H,30,33)(H,36,37). The van der Waals surface area contributed by atoms with Gasteiger partial charge < -0.3 is 43.4 Å². The molecule has 0 aliphatic carbocycles. The first-order valence-electron chi connectivity index (χ1n) is 12.0. The van der Waals surface area contributed by atoms with Crippen LogP contribution < -0.4 is 33.2 Å². The number of phenols is 1. The van der Waals surface area contributed by atoms with Gasteiger partial charge in [-0.1, -0.05) is 26.0 Å². The highest BCUT2D eigenvalue weighted by Gasteiger charge is 2.32. The van der Waals surface area contributed by atoms with Crippen molar-refractivity contribution in [2.75, 3.05) is 6.54 Å². The number of nitrogens with two attached hydrogens (primary N) is 3. The summed E-state index contributed by atoms with van der Waals surface area (Å²) in [6.45, 7) is 3.71. The van der Waals surface area contributed by atoms with E-state index < -0.39 is 66.1 Å². The van der Waals surface area contributed by atoms with Crippen molar-refractivity contribution in [3.63, 3.8) is 0 Å². The van der Waals surface area contributed by atoms with Gasteiger partial charge in [0, 0.05) is 6.42 Å². The van der Waals surface area contributed by atoms with E-state index in [9.17, 15) is 34.2 Å². The van der Waals surface area contributed by atoms with E-state index in [1.54, 1.807) is 26.0 Å². The quantitative estimate of drug-likeness (QED) is 0.117. The number of benzene rings is 1. The summed E-state index contributed by atoms with van der Waals surface area (Å²) in [6, 6.07) is 1.18. The first kappa shape index (κ1) is 31.3. The van der Waals surface area contributed by atoms with Crippen LogP contribution in [0, 0.1) is 5.92 Å². The van der Waals surface area contributed by atoms with Gasteiger partial charge in [0.25, 0.3) is 0 Å². The molecule has 1 aromatic carbocycles. The SMILES string of the molecule is CC(C)C(NC(=O)C(N)CC(N)=O)C(=O)NC(Cc1ccc(O)cc1)C(=O)NC(CCCCN)C(=O)O. The van der Waals surface area contributed by atoms with Gasteiger partial charge in [0.2, 0.25) is 23.6 Å². The van der Waals surface area contributed by atoms with Crippen molar-refractivity contribution in [1.29, 1.82) is 0 Å². The molecular weight excluding hydrogens is 484 g/mol. The smallest absolute Gasteiger partial charge is 0.326 e. The number of rotatable bonds is 16. The molecule has 37 heavy (non-hydrogen) atoms. The van der Waals surface area contributed by atoms with Crippen LogP contribution in [0.1, 0.15) is 45.1 Å². The summed E-state index contributed by atoms with van der Waals surface area (Å²) in [5.41, 5.74) is 16.8. The zero-order valence-corrected chi connectivity index (χ0v) is 21.1. The predicted octanol–water partition coefficient (Wildman–Crippen LogP) is -1.54. The third-order valence-electron chi connectivity index (χ3n) is 5.58. The number of carboxylic acid groups (broad SMARTS) is 1. The van der Waals surface area contributed by atoms with Crippen molar-refractivity contribution in [3.8, 4) is 5.75 Å². The predicted molar refractivity (Wildman–Crippen MR) is 135 cm³/mol. The molecule has 1 rings (SSSR count). The summed E-state index contributed by atoms with van der Waals surface area (Å²) in [7, 11) is 0. The number of phenolic OH excluding ortho intramolecular Hbond substituents is 1. The maximum atomic E-state index is 13.1. The van der Waals surface area contributed by atoms with E-state index in [1.165, 1.54) is 12.1 Å². The van der Waals surface area contributed by atoms with Gasteiger partial charge in [0.1, 0.15) is 23.9 Å². The Morgan fingerprint density at radius 1 is 0.892 bits per heavy atom. The third-order valence-corrected chi connectivity index (χ3v) is 5.58. The summed E-state index contributed by atoms with van der Waals surface area (Å²) in [6.07, 6.45) is 0.787. The third kappa shape index (κ3) is 11.3. The molecule has 206 valence electrons. The molecule has 4 atom stereocenters. The molecule has 0 aromatic heterocycles. The highest BCUT2D eigenvalue weighted by Crippen LogP contribution is 2.13. The molecule has 13 nitrogen and oxygen atoms in total. The number of hydrogen-bond donors (Lipinski definition) is 8. The van der Waals surface area contributed by atoms with Gasteiger partial charge in [-0.15, -0.1) is 0 Å². The lowest BCUT2D eigenvalue weighted by molar-refractivity contribution is -0.142. The van der Waals surface area contributed by atoms with Crippen LogP contribution in [0.3, 0.4) is 0 Å². The van der Waals surface area contributed by atoms with E-state index >= 15 is 0 Å². The lowest BCUT2D eigenvalue weighted by Crippen LogP contribution is -2.59. The first-order chi connectivity index (χ1) is 17.3. The Balaban J connectivity index is 3.10. The van der Waals surface area contributed by atoms with E-state index in [1.807, 2.05) is 0 Å². The molecule has 0 bridgehead atoms. The van der Waals surface area contributed by atoms with Crippen LogP contribution in [-0.2, 0) is 30.4 Å². The monoisotopic (exact) mass is 522 g/mol. The Morgan fingerprint density at radius 3 is 2.00 bits per heavy atom. The second kappa shape index (κ2) is 15.4. The highest BCUT2D eigenvalue weighted by atomic mass is 16.4. The molecular formula is C24H38N6O7. The van der Waals surface area contributed by atoms with Crippen molar-refractivity contribution in [2.24, 2.45) is 23.1 Å². The molecule has 0 saturated heterocycles. The maximum absolute atomic E-state index is 13.1. The van der Waals surface area contributed by atoms with Crippen LogP contribution in [0.4, 0.5) is 0 Å². The summed E-state index contributed by atoms with van der Waals surface area (Å²) in [5, 5.41) is 26.6. The molecule has 4 amide bonds. The van der Waals surface area contributed by atoms with Gasteiger partial charge in [-0.3, -0.25) is 19.2 Å². The number of hydrogen-bond acceptors (Lipinski definition) is 8. The average Bonchev–Trinajstić information content (AvgIpc) is 2.81. The van der Waals surface area contributed by atoms with Crippen molar-refractivity contribution in [3.05, 3.63) is 29.8 Å². The van der Waals surface area contributed by atoms with Gasteiger partial charge in [-0.2, -0.15) is 0 Å². The van der Waals surface area contributed by atoms with Gasteiger partial charge in [0.05, 0.1) is 12.5 Å². The lowest BCUT2D eigenvalue weighted by Gasteiger charge is -2.27. The van der Waals surface area contributed by atoms with E-state index in [4.69, 9.17) is 17.2 Å². The fourth-order valence-corrected chi connectivity index (χ4v) is 3.47. The van der Waals surface area contributed by atoms with Gasteiger partial charge in [-0.05, 0) is 49.4 Å². The fourth-order valence-electron chi connectivity index (χ4n) is 3.47. The van der Waals surface area contributed by atoms with E-state index in [0.29, 0.717) is 24.9 Å². The Hall–Kier alpha value is -3.71. The van der Waals surface area contributed by atoms with Crippen LogP contribution in [0.5, 0.6) is 5.75 Å². The number of carbonyl (C=O) groups excluding carboxylic acids is 4. The Kier molecular flexibility index (Phi) is 13.0. The number of aromatic hydroxyl groups is 1. The Labute approximate surface area is 215 Å². The number of amides is 4. The van der Waals surface area contributed by atoms with Crippen LogP contribution in [0.15, 0.2) is 24.3 Å². The van der Waals surface area contributed by atoms with Crippen molar-refractivity contribution >= 4 is 29.6 Å². The van der Waals surface area contributed by atoms with Crippen LogP contribution in [0.2, 0.25) is 0 Å². The number of unbranched alkanes of at least 4 members (excludes halogenated alkanes) is 1. The number of carbonyl (C=O) groups is 5. The molecule has 0 fully saturated rings. The molecule has 0 aliphatic heterocycles. The minimum atomic E-state index is -1.26. The first-order valence-corrected chi connectivity index (χ1v) is 12.0. The zero-order chi connectivity index (χ0) is 28.1. The number of aliphatic carboxylic acids is 1. The summed E-state index contributed by atoms with van der Waals surface area (Å²) >= 11 is 0. The molecule has 13 heteroatoms. The van der Waals surface area contributed by atoms with Gasteiger partial charge in [-0.25, -0.2) is 4.79 Å². The minimum Gasteiger partial charge on any atom is -0.508 e. The molecule has 0 radical (unpaired) electrons. The number of nitrogens with one attached hydrogen (secondary N) is 3. The Bertz CT molecular complexity index is 938.